The Bertz CT molecular complexity index is 1010. The highest BCUT2D eigenvalue weighted by Crippen LogP contribution is 2.23. The van der Waals surface area contributed by atoms with Crippen molar-refractivity contribution >= 4 is 34.8 Å². The molecule has 0 aliphatic carbocycles. The summed E-state index contributed by atoms with van der Waals surface area (Å²) in [5.74, 6) is -0.352. The lowest BCUT2D eigenvalue weighted by atomic mass is 10.0. The largest absolute Gasteiger partial charge is 0.332 e. The Morgan fingerprint density at radius 2 is 1.58 bits per heavy atom. The lowest BCUT2D eigenvalue weighted by Crippen LogP contribution is -2.51. The monoisotopic (exact) mass is 454 g/mol. The molecular weight excluding hydrogens is 428 g/mol. The topological polar surface area (TPSA) is 40.6 Å². The quantitative estimate of drug-likeness (QED) is 0.447. The van der Waals surface area contributed by atoms with Crippen LogP contribution in [0.4, 0.5) is 0 Å². The van der Waals surface area contributed by atoms with Crippen LogP contribution >= 0.6 is 22.9 Å². The average Bonchev–Trinajstić information content (AvgIpc) is 3.24. The minimum atomic E-state index is -0.548. The molecule has 3 rings (SSSR count). The summed E-state index contributed by atoms with van der Waals surface area (Å²) in [6.07, 6.45) is 0. The molecule has 31 heavy (non-hydrogen) atoms. The molecule has 0 bridgehead atoms. The Labute approximate surface area is 193 Å². The number of hydrogen-bond donors (Lipinski definition) is 0. The van der Waals surface area contributed by atoms with E-state index in [0.717, 1.165) is 10.4 Å². The number of hydrogen-bond acceptors (Lipinski definition) is 3. The Morgan fingerprint density at radius 1 is 0.903 bits per heavy atom. The predicted octanol–water partition coefficient (Wildman–Crippen LogP) is 5.87. The van der Waals surface area contributed by atoms with Gasteiger partial charge in [0, 0.05) is 17.0 Å². The number of amides is 2. The number of benzene rings is 2. The van der Waals surface area contributed by atoms with Gasteiger partial charge < -0.3 is 9.80 Å². The fourth-order valence-electron chi connectivity index (χ4n) is 3.26. The molecule has 0 N–H and O–H groups in total. The van der Waals surface area contributed by atoms with Crippen molar-refractivity contribution in [3.63, 3.8) is 0 Å². The second-order valence-electron chi connectivity index (χ2n) is 8.36. The highest BCUT2D eigenvalue weighted by molar-refractivity contribution is 7.09. The van der Waals surface area contributed by atoms with E-state index in [4.69, 9.17) is 11.6 Å². The molecule has 3 aromatic rings. The van der Waals surface area contributed by atoms with Gasteiger partial charge in [-0.1, -0.05) is 60.1 Å². The molecule has 4 nitrogen and oxygen atoms in total. The number of halogens is 1. The minimum Gasteiger partial charge on any atom is -0.332 e. The van der Waals surface area contributed by atoms with Gasteiger partial charge in [-0.15, -0.1) is 11.3 Å². The van der Waals surface area contributed by atoms with Gasteiger partial charge in [-0.05, 0) is 49.9 Å². The zero-order valence-corrected chi connectivity index (χ0v) is 19.6. The van der Waals surface area contributed by atoms with Crippen LogP contribution in [-0.2, 0) is 17.9 Å². The molecule has 0 spiro atoms. The van der Waals surface area contributed by atoms with Crippen LogP contribution < -0.4 is 0 Å². The van der Waals surface area contributed by atoms with E-state index < -0.39 is 5.54 Å². The summed E-state index contributed by atoms with van der Waals surface area (Å²) in [6, 6.07) is 20.8. The molecule has 0 aliphatic rings. The first-order chi connectivity index (χ1) is 14.8. The molecule has 0 atom stereocenters. The van der Waals surface area contributed by atoms with Gasteiger partial charge in [-0.25, -0.2) is 0 Å². The number of thiophene rings is 1. The summed E-state index contributed by atoms with van der Waals surface area (Å²) in [4.78, 5) is 31.3. The van der Waals surface area contributed by atoms with E-state index in [9.17, 15) is 9.59 Å². The fraction of sp³-hybridized carbons (Fsp3) is 0.280. The van der Waals surface area contributed by atoms with Gasteiger partial charge in [0.25, 0.3) is 5.91 Å². The van der Waals surface area contributed by atoms with E-state index in [0.29, 0.717) is 23.7 Å². The van der Waals surface area contributed by atoms with Crippen LogP contribution in [-0.4, -0.2) is 33.7 Å². The number of nitrogens with zero attached hydrogens (tertiary/aromatic N) is 2. The van der Waals surface area contributed by atoms with Crippen molar-refractivity contribution in [1.82, 2.24) is 9.80 Å². The van der Waals surface area contributed by atoms with Crippen molar-refractivity contribution < 1.29 is 9.59 Å². The van der Waals surface area contributed by atoms with Gasteiger partial charge in [-0.3, -0.25) is 9.59 Å². The smallest absolute Gasteiger partial charge is 0.256 e. The van der Waals surface area contributed by atoms with Gasteiger partial charge in [0.1, 0.15) is 6.54 Å². The zero-order valence-electron chi connectivity index (χ0n) is 18.0. The van der Waals surface area contributed by atoms with Gasteiger partial charge in [0.2, 0.25) is 5.91 Å². The molecule has 0 saturated heterocycles. The Hall–Kier alpha value is -2.63. The maximum absolute atomic E-state index is 13.5. The molecule has 162 valence electrons. The van der Waals surface area contributed by atoms with Crippen molar-refractivity contribution in [2.45, 2.75) is 39.4 Å². The third-order valence-electron chi connectivity index (χ3n) is 4.95. The molecule has 1 aromatic heterocycles. The lowest BCUT2D eigenvalue weighted by molar-refractivity contribution is -0.134. The minimum absolute atomic E-state index is 0.0221. The number of carbonyl (C=O) groups is 2. The summed E-state index contributed by atoms with van der Waals surface area (Å²) in [7, 11) is 0. The van der Waals surface area contributed by atoms with E-state index in [1.165, 1.54) is 0 Å². The molecule has 2 amide bonds. The summed E-state index contributed by atoms with van der Waals surface area (Å²) in [6.45, 7) is 6.74. The molecule has 0 unspecified atom stereocenters. The van der Waals surface area contributed by atoms with E-state index in [-0.39, 0.29) is 18.4 Å². The molecule has 0 radical (unpaired) electrons. The van der Waals surface area contributed by atoms with Crippen LogP contribution in [0.15, 0.2) is 72.1 Å². The number of rotatable bonds is 7. The van der Waals surface area contributed by atoms with Gasteiger partial charge >= 0.3 is 0 Å². The SMILES string of the molecule is CC(C)(C)N(CC(=O)N(Cc1ccccc1)Cc1cccs1)C(=O)c1ccccc1Cl. The molecule has 1 heterocycles. The van der Waals surface area contributed by atoms with Crippen LogP contribution in [0.2, 0.25) is 5.02 Å². The summed E-state index contributed by atoms with van der Waals surface area (Å²) in [5.41, 5.74) is 0.902. The molecule has 2 aromatic carbocycles. The van der Waals surface area contributed by atoms with Crippen molar-refractivity contribution in [1.29, 1.82) is 0 Å². The second-order valence-corrected chi connectivity index (χ2v) is 9.80. The predicted molar refractivity (Wildman–Crippen MR) is 127 cm³/mol. The van der Waals surface area contributed by atoms with Crippen LogP contribution in [0, 0.1) is 0 Å². The molecule has 0 aliphatic heterocycles. The van der Waals surface area contributed by atoms with Crippen LogP contribution in [0.25, 0.3) is 0 Å². The standard InChI is InChI=1S/C25H27ClN2O2S/c1-25(2,3)28(24(30)21-13-7-8-14-22(21)26)18-23(29)27(17-20-12-9-15-31-20)16-19-10-5-4-6-11-19/h4-15H,16-18H2,1-3H3. The summed E-state index contributed by atoms with van der Waals surface area (Å²) < 4.78 is 0. The van der Waals surface area contributed by atoms with Crippen LogP contribution in [0.1, 0.15) is 41.6 Å². The third kappa shape index (κ3) is 6.18. The first-order valence-corrected chi connectivity index (χ1v) is 11.4. The highest BCUT2D eigenvalue weighted by atomic mass is 35.5. The summed E-state index contributed by atoms with van der Waals surface area (Å²) in [5, 5.41) is 2.39. The third-order valence-corrected chi connectivity index (χ3v) is 6.14. The van der Waals surface area contributed by atoms with E-state index in [1.807, 2.05) is 68.6 Å². The van der Waals surface area contributed by atoms with Crippen LogP contribution in [0.3, 0.4) is 0 Å². The second kappa shape index (κ2) is 10.1. The van der Waals surface area contributed by atoms with E-state index in [1.54, 1.807) is 45.4 Å². The Balaban J connectivity index is 1.85. The first-order valence-electron chi connectivity index (χ1n) is 10.2. The zero-order chi connectivity index (χ0) is 22.4. The van der Waals surface area contributed by atoms with Gasteiger partial charge in [0.05, 0.1) is 17.1 Å². The maximum atomic E-state index is 13.5. The summed E-state index contributed by atoms with van der Waals surface area (Å²) >= 11 is 7.89. The van der Waals surface area contributed by atoms with Crippen molar-refractivity contribution in [2.75, 3.05) is 6.54 Å². The Kier molecular flexibility index (Phi) is 7.52. The van der Waals surface area contributed by atoms with Crippen molar-refractivity contribution in [3.05, 3.63) is 93.1 Å². The van der Waals surface area contributed by atoms with E-state index >= 15 is 0 Å². The van der Waals surface area contributed by atoms with Crippen molar-refractivity contribution in [2.24, 2.45) is 0 Å². The molecule has 0 saturated carbocycles. The van der Waals surface area contributed by atoms with Gasteiger partial charge in [-0.2, -0.15) is 0 Å². The maximum Gasteiger partial charge on any atom is 0.256 e. The molecular formula is C25H27ClN2O2S. The first kappa shape index (κ1) is 23.0. The van der Waals surface area contributed by atoms with Gasteiger partial charge in [0.15, 0.2) is 0 Å². The van der Waals surface area contributed by atoms with Crippen molar-refractivity contribution in [3.8, 4) is 0 Å². The average molecular weight is 455 g/mol. The van der Waals surface area contributed by atoms with Crippen LogP contribution in [0.5, 0.6) is 0 Å². The number of carbonyl (C=O) groups excluding carboxylic acids is 2. The highest BCUT2D eigenvalue weighted by Gasteiger charge is 2.31. The van der Waals surface area contributed by atoms with E-state index in [2.05, 4.69) is 0 Å². The Morgan fingerprint density at radius 3 is 2.19 bits per heavy atom. The lowest BCUT2D eigenvalue weighted by Gasteiger charge is -2.37. The normalized spacial score (nSPS) is 11.2. The molecule has 6 heteroatoms. The molecule has 0 fully saturated rings. The fourth-order valence-corrected chi connectivity index (χ4v) is 4.19.